The molecule has 0 spiro atoms. The number of hydrogen-bond acceptors (Lipinski definition) is 2. The molecule has 1 saturated carbocycles. The van der Waals surface area contributed by atoms with Crippen molar-refractivity contribution in [3.05, 3.63) is 29.6 Å². The van der Waals surface area contributed by atoms with Gasteiger partial charge in [0.05, 0.1) is 11.5 Å². The third-order valence-electron chi connectivity index (χ3n) is 2.46. The predicted octanol–water partition coefficient (Wildman–Crippen LogP) is 2.09. The van der Waals surface area contributed by atoms with Gasteiger partial charge in [0.1, 0.15) is 0 Å². The van der Waals surface area contributed by atoms with E-state index in [2.05, 4.69) is 6.07 Å². The monoisotopic (exact) mass is 177 g/mol. The summed E-state index contributed by atoms with van der Waals surface area (Å²) in [6, 6.07) is 6.31. The SMILES string of the molecule is N#CC1(c2ccc(O)c(F)c2)CC1. The molecule has 1 aromatic carbocycles. The van der Waals surface area contributed by atoms with Crippen LogP contribution in [-0.4, -0.2) is 5.11 Å². The molecular formula is C10H8FNO. The first-order valence-electron chi connectivity index (χ1n) is 4.08. The molecule has 0 saturated heterocycles. The summed E-state index contributed by atoms with van der Waals surface area (Å²) in [5, 5.41) is 17.8. The third kappa shape index (κ3) is 1.15. The first-order valence-corrected chi connectivity index (χ1v) is 4.08. The minimum Gasteiger partial charge on any atom is -0.505 e. The third-order valence-corrected chi connectivity index (χ3v) is 2.46. The Morgan fingerprint density at radius 3 is 2.62 bits per heavy atom. The molecular weight excluding hydrogens is 169 g/mol. The summed E-state index contributed by atoms with van der Waals surface area (Å²) >= 11 is 0. The average molecular weight is 177 g/mol. The highest BCUT2D eigenvalue weighted by Gasteiger charge is 2.45. The van der Waals surface area contributed by atoms with Gasteiger partial charge in [0.15, 0.2) is 11.6 Å². The Morgan fingerprint density at radius 2 is 2.15 bits per heavy atom. The van der Waals surface area contributed by atoms with Crippen LogP contribution < -0.4 is 0 Å². The van der Waals surface area contributed by atoms with E-state index in [1.54, 1.807) is 6.07 Å². The van der Waals surface area contributed by atoms with Crippen LogP contribution >= 0.6 is 0 Å². The molecule has 13 heavy (non-hydrogen) atoms. The van der Waals surface area contributed by atoms with Gasteiger partial charge in [-0.3, -0.25) is 0 Å². The number of nitrogens with zero attached hydrogens (tertiary/aromatic N) is 1. The Morgan fingerprint density at radius 1 is 1.46 bits per heavy atom. The molecule has 0 heterocycles. The van der Waals surface area contributed by atoms with Crippen LogP contribution in [0.3, 0.4) is 0 Å². The van der Waals surface area contributed by atoms with Gasteiger partial charge in [0.2, 0.25) is 0 Å². The van der Waals surface area contributed by atoms with E-state index in [0.717, 1.165) is 12.8 Å². The largest absolute Gasteiger partial charge is 0.505 e. The fraction of sp³-hybridized carbons (Fsp3) is 0.300. The zero-order valence-electron chi connectivity index (χ0n) is 6.92. The summed E-state index contributed by atoms with van der Waals surface area (Å²) < 4.78 is 12.9. The molecule has 1 N–H and O–H groups in total. The van der Waals surface area contributed by atoms with E-state index in [1.807, 2.05) is 0 Å². The van der Waals surface area contributed by atoms with Crippen molar-refractivity contribution in [3.8, 4) is 11.8 Å². The fourth-order valence-electron chi connectivity index (χ4n) is 1.39. The van der Waals surface area contributed by atoms with E-state index in [9.17, 15) is 4.39 Å². The number of aromatic hydroxyl groups is 1. The van der Waals surface area contributed by atoms with E-state index in [4.69, 9.17) is 10.4 Å². The molecule has 0 amide bonds. The van der Waals surface area contributed by atoms with Gasteiger partial charge in [0, 0.05) is 0 Å². The zero-order chi connectivity index (χ0) is 9.47. The molecule has 2 nitrogen and oxygen atoms in total. The second-order valence-corrected chi connectivity index (χ2v) is 3.36. The molecule has 0 aromatic heterocycles. The molecule has 1 aliphatic rings. The lowest BCUT2D eigenvalue weighted by molar-refractivity contribution is 0.431. The molecule has 66 valence electrons. The van der Waals surface area contributed by atoms with Crippen molar-refractivity contribution in [2.45, 2.75) is 18.3 Å². The number of rotatable bonds is 1. The van der Waals surface area contributed by atoms with Crippen molar-refractivity contribution >= 4 is 0 Å². The quantitative estimate of drug-likeness (QED) is 0.713. The summed E-state index contributed by atoms with van der Waals surface area (Å²) in [7, 11) is 0. The van der Waals surface area contributed by atoms with Crippen molar-refractivity contribution in [1.82, 2.24) is 0 Å². The minimum absolute atomic E-state index is 0.363. The van der Waals surface area contributed by atoms with E-state index in [1.165, 1.54) is 12.1 Å². The van der Waals surface area contributed by atoms with Crippen LogP contribution in [0, 0.1) is 17.1 Å². The van der Waals surface area contributed by atoms with E-state index in [-0.39, 0.29) is 5.75 Å². The Balaban J connectivity index is 2.44. The average Bonchev–Trinajstić information content (AvgIpc) is 2.90. The molecule has 2 rings (SSSR count). The van der Waals surface area contributed by atoms with Crippen molar-refractivity contribution < 1.29 is 9.50 Å². The minimum atomic E-state index is -0.654. The first-order chi connectivity index (χ1) is 6.18. The Hall–Kier alpha value is -1.56. The highest BCUT2D eigenvalue weighted by molar-refractivity contribution is 5.41. The van der Waals surface area contributed by atoms with Gasteiger partial charge < -0.3 is 5.11 Å². The molecule has 1 aromatic rings. The van der Waals surface area contributed by atoms with Gasteiger partial charge in [-0.15, -0.1) is 0 Å². The predicted molar refractivity (Wildman–Crippen MR) is 44.6 cm³/mol. The highest BCUT2D eigenvalue weighted by Crippen LogP contribution is 2.47. The van der Waals surface area contributed by atoms with Crippen LogP contribution in [0.1, 0.15) is 18.4 Å². The molecule has 1 aliphatic carbocycles. The summed E-state index contributed by atoms with van der Waals surface area (Å²) in [5.74, 6) is -1.02. The molecule has 0 unspecified atom stereocenters. The molecule has 0 bridgehead atoms. The Kier molecular flexibility index (Phi) is 1.53. The van der Waals surface area contributed by atoms with Gasteiger partial charge in [-0.1, -0.05) is 6.07 Å². The second-order valence-electron chi connectivity index (χ2n) is 3.36. The lowest BCUT2D eigenvalue weighted by atomic mass is 9.98. The van der Waals surface area contributed by atoms with E-state index in [0.29, 0.717) is 5.56 Å². The van der Waals surface area contributed by atoms with Crippen molar-refractivity contribution in [3.63, 3.8) is 0 Å². The van der Waals surface area contributed by atoms with Gasteiger partial charge in [-0.2, -0.15) is 5.26 Å². The van der Waals surface area contributed by atoms with Crippen molar-refractivity contribution in [2.24, 2.45) is 0 Å². The number of hydrogen-bond donors (Lipinski definition) is 1. The zero-order valence-corrected chi connectivity index (χ0v) is 6.92. The lowest BCUT2D eigenvalue weighted by Crippen LogP contribution is -2.02. The summed E-state index contributed by atoms with van der Waals surface area (Å²) in [4.78, 5) is 0. The summed E-state index contributed by atoms with van der Waals surface area (Å²) in [5.41, 5.74) is 0.194. The topological polar surface area (TPSA) is 44.0 Å². The number of nitriles is 1. The lowest BCUT2D eigenvalue weighted by Gasteiger charge is -2.05. The fourth-order valence-corrected chi connectivity index (χ4v) is 1.39. The maximum Gasteiger partial charge on any atom is 0.165 e. The summed E-state index contributed by atoms with van der Waals surface area (Å²) in [6.07, 6.45) is 1.57. The second kappa shape index (κ2) is 2.46. The number of phenolic OH excluding ortho intramolecular Hbond substituents is 1. The van der Waals surface area contributed by atoms with Crippen LogP contribution in [0.4, 0.5) is 4.39 Å². The van der Waals surface area contributed by atoms with E-state index < -0.39 is 11.2 Å². The van der Waals surface area contributed by atoms with Crippen LogP contribution in [0.15, 0.2) is 18.2 Å². The van der Waals surface area contributed by atoms with Gasteiger partial charge in [0.25, 0.3) is 0 Å². The molecule has 0 atom stereocenters. The first kappa shape index (κ1) is 8.06. The Bertz CT molecular complexity index is 390. The molecule has 0 radical (unpaired) electrons. The standard InChI is InChI=1S/C10H8FNO/c11-8-5-7(1-2-9(8)13)10(6-12)3-4-10/h1-2,5,13H,3-4H2. The molecule has 0 aliphatic heterocycles. The van der Waals surface area contributed by atoms with Crippen LogP contribution in [0.25, 0.3) is 0 Å². The normalized spacial score (nSPS) is 17.8. The number of benzene rings is 1. The van der Waals surface area contributed by atoms with Crippen LogP contribution in [0.2, 0.25) is 0 Å². The van der Waals surface area contributed by atoms with Gasteiger partial charge in [-0.25, -0.2) is 4.39 Å². The highest BCUT2D eigenvalue weighted by atomic mass is 19.1. The maximum absolute atomic E-state index is 12.9. The van der Waals surface area contributed by atoms with Crippen LogP contribution in [0.5, 0.6) is 5.75 Å². The number of halogens is 1. The van der Waals surface area contributed by atoms with Gasteiger partial charge >= 0.3 is 0 Å². The van der Waals surface area contributed by atoms with E-state index >= 15 is 0 Å². The van der Waals surface area contributed by atoms with Crippen molar-refractivity contribution in [2.75, 3.05) is 0 Å². The van der Waals surface area contributed by atoms with Crippen LogP contribution in [-0.2, 0) is 5.41 Å². The molecule has 1 fully saturated rings. The van der Waals surface area contributed by atoms with Gasteiger partial charge in [-0.05, 0) is 30.5 Å². The smallest absolute Gasteiger partial charge is 0.165 e. The van der Waals surface area contributed by atoms with Crippen molar-refractivity contribution in [1.29, 1.82) is 5.26 Å². The number of phenols is 1. The molecule has 3 heteroatoms. The maximum atomic E-state index is 12.9. The summed E-state index contributed by atoms with van der Waals surface area (Å²) in [6.45, 7) is 0. The Labute approximate surface area is 75.2 Å².